The monoisotopic (exact) mass is 370 g/mol. The Morgan fingerprint density at radius 2 is 1.82 bits per heavy atom. The van der Waals surface area contributed by atoms with Crippen molar-refractivity contribution in [1.29, 1.82) is 0 Å². The summed E-state index contributed by atoms with van der Waals surface area (Å²) in [5, 5.41) is 1.33. The SMILES string of the molecule is CC(C)(C)OC(=O)ON1CCN(c2ccc(Br)cc2)C(=O)C1. The lowest BCUT2D eigenvalue weighted by atomic mass is 10.2. The number of carbonyl (C=O) groups is 2. The summed E-state index contributed by atoms with van der Waals surface area (Å²) in [6.45, 7) is 6.15. The molecule has 0 N–H and O–H groups in total. The molecule has 0 radical (unpaired) electrons. The molecule has 0 unspecified atom stereocenters. The first kappa shape index (κ1) is 16.8. The Balaban J connectivity index is 1.91. The topological polar surface area (TPSA) is 59.1 Å². The zero-order chi connectivity index (χ0) is 16.3. The van der Waals surface area contributed by atoms with E-state index in [0.29, 0.717) is 13.1 Å². The fourth-order valence-electron chi connectivity index (χ4n) is 2.00. The Morgan fingerprint density at radius 3 is 2.36 bits per heavy atom. The van der Waals surface area contributed by atoms with Crippen LogP contribution in [-0.2, 0) is 14.4 Å². The predicted molar refractivity (Wildman–Crippen MR) is 85.4 cm³/mol. The molecule has 0 bridgehead atoms. The summed E-state index contributed by atoms with van der Waals surface area (Å²) in [5.41, 5.74) is 0.200. The van der Waals surface area contributed by atoms with Crippen molar-refractivity contribution in [2.24, 2.45) is 0 Å². The average molecular weight is 371 g/mol. The molecule has 1 amide bonds. The highest BCUT2D eigenvalue weighted by atomic mass is 79.9. The maximum Gasteiger partial charge on any atom is 0.528 e. The first-order chi connectivity index (χ1) is 10.2. The van der Waals surface area contributed by atoms with Gasteiger partial charge in [-0.1, -0.05) is 15.9 Å². The fraction of sp³-hybridized carbons (Fsp3) is 0.467. The lowest BCUT2D eigenvalue weighted by molar-refractivity contribution is -0.158. The van der Waals surface area contributed by atoms with Gasteiger partial charge in [-0.05, 0) is 45.0 Å². The van der Waals surface area contributed by atoms with Gasteiger partial charge in [0.25, 0.3) is 0 Å². The van der Waals surface area contributed by atoms with E-state index in [9.17, 15) is 9.59 Å². The van der Waals surface area contributed by atoms with Crippen LogP contribution in [0.1, 0.15) is 20.8 Å². The number of halogens is 1. The number of nitrogens with zero attached hydrogens (tertiary/aromatic N) is 2. The van der Waals surface area contributed by atoms with Crippen molar-refractivity contribution in [3.05, 3.63) is 28.7 Å². The first-order valence-electron chi connectivity index (χ1n) is 6.96. The van der Waals surface area contributed by atoms with Gasteiger partial charge in [0.15, 0.2) is 0 Å². The summed E-state index contributed by atoms with van der Waals surface area (Å²) in [6, 6.07) is 7.50. The number of piperazine rings is 1. The lowest BCUT2D eigenvalue weighted by Crippen LogP contribution is -2.51. The second-order valence-corrected chi connectivity index (χ2v) is 6.86. The van der Waals surface area contributed by atoms with Crippen molar-refractivity contribution in [2.75, 3.05) is 24.5 Å². The van der Waals surface area contributed by atoms with E-state index in [-0.39, 0.29) is 12.5 Å². The molecule has 7 heteroatoms. The summed E-state index contributed by atoms with van der Waals surface area (Å²) in [5.74, 6) is -0.128. The second kappa shape index (κ2) is 6.66. The number of anilines is 1. The van der Waals surface area contributed by atoms with Crippen molar-refractivity contribution in [1.82, 2.24) is 5.06 Å². The van der Waals surface area contributed by atoms with Crippen molar-refractivity contribution >= 4 is 33.7 Å². The van der Waals surface area contributed by atoms with Gasteiger partial charge < -0.3 is 14.5 Å². The smallest absolute Gasteiger partial charge is 0.427 e. The molecule has 1 fully saturated rings. The molecule has 22 heavy (non-hydrogen) atoms. The number of carbonyl (C=O) groups excluding carboxylic acids is 2. The van der Waals surface area contributed by atoms with Crippen molar-refractivity contribution in [3.63, 3.8) is 0 Å². The molecule has 0 saturated carbocycles. The van der Waals surface area contributed by atoms with Crippen LogP contribution in [0.15, 0.2) is 28.7 Å². The standard InChI is InChI=1S/C15H19BrN2O4/c1-15(2,3)21-14(20)22-17-8-9-18(13(19)10-17)12-6-4-11(16)5-7-12/h4-7H,8-10H2,1-3H3. The van der Waals surface area contributed by atoms with Gasteiger partial charge in [-0.3, -0.25) is 4.79 Å². The molecule has 0 aromatic heterocycles. The molecular weight excluding hydrogens is 352 g/mol. The van der Waals surface area contributed by atoms with Crippen LogP contribution in [-0.4, -0.2) is 42.4 Å². The van der Waals surface area contributed by atoms with Gasteiger partial charge in [0.1, 0.15) is 12.1 Å². The van der Waals surface area contributed by atoms with E-state index in [1.807, 2.05) is 24.3 Å². The third kappa shape index (κ3) is 4.71. The van der Waals surface area contributed by atoms with Gasteiger partial charge in [0.05, 0.1) is 6.54 Å². The van der Waals surface area contributed by atoms with Gasteiger partial charge >= 0.3 is 6.16 Å². The molecule has 1 aliphatic heterocycles. The van der Waals surface area contributed by atoms with Gasteiger partial charge in [0, 0.05) is 16.7 Å². The zero-order valence-corrected chi connectivity index (χ0v) is 14.4. The van der Waals surface area contributed by atoms with Crippen molar-refractivity contribution in [2.45, 2.75) is 26.4 Å². The number of rotatable bonds is 2. The highest BCUT2D eigenvalue weighted by molar-refractivity contribution is 9.10. The molecule has 1 heterocycles. The third-order valence-corrected chi connectivity index (χ3v) is 3.45. The molecule has 6 nitrogen and oxygen atoms in total. The number of hydroxylamine groups is 2. The Labute approximate surface area is 138 Å². The molecule has 120 valence electrons. The summed E-state index contributed by atoms with van der Waals surface area (Å²) < 4.78 is 6.02. The summed E-state index contributed by atoms with van der Waals surface area (Å²) in [4.78, 5) is 30.5. The second-order valence-electron chi connectivity index (χ2n) is 5.94. The summed E-state index contributed by atoms with van der Waals surface area (Å²) in [7, 11) is 0. The van der Waals surface area contributed by atoms with E-state index < -0.39 is 11.8 Å². The molecule has 1 aliphatic rings. The molecule has 0 aliphatic carbocycles. The van der Waals surface area contributed by atoms with Gasteiger partial charge in [-0.15, -0.1) is 5.06 Å². The largest absolute Gasteiger partial charge is 0.528 e. The maximum absolute atomic E-state index is 12.2. The van der Waals surface area contributed by atoms with Crippen LogP contribution in [0.4, 0.5) is 10.5 Å². The quantitative estimate of drug-likeness (QED) is 0.749. The van der Waals surface area contributed by atoms with Crippen LogP contribution in [0.2, 0.25) is 0 Å². The van der Waals surface area contributed by atoms with Crippen LogP contribution < -0.4 is 4.90 Å². The first-order valence-corrected chi connectivity index (χ1v) is 7.76. The molecule has 1 aromatic rings. The van der Waals surface area contributed by atoms with E-state index in [1.165, 1.54) is 5.06 Å². The maximum atomic E-state index is 12.2. The van der Waals surface area contributed by atoms with Crippen LogP contribution in [0.25, 0.3) is 0 Å². The third-order valence-electron chi connectivity index (χ3n) is 2.92. The van der Waals surface area contributed by atoms with E-state index in [4.69, 9.17) is 9.57 Å². The predicted octanol–water partition coefficient (Wildman–Crippen LogP) is 2.96. The Kier molecular flexibility index (Phi) is 5.08. The minimum Gasteiger partial charge on any atom is -0.427 e. The molecular formula is C15H19BrN2O4. The number of amides is 1. The highest BCUT2D eigenvalue weighted by Crippen LogP contribution is 2.20. The Bertz CT molecular complexity index is 554. The van der Waals surface area contributed by atoms with E-state index in [0.717, 1.165) is 10.2 Å². The average Bonchev–Trinajstić information content (AvgIpc) is 2.38. The fourth-order valence-corrected chi connectivity index (χ4v) is 2.26. The van der Waals surface area contributed by atoms with Crippen LogP contribution >= 0.6 is 15.9 Å². The van der Waals surface area contributed by atoms with E-state index in [1.54, 1.807) is 25.7 Å². The molecule has 1 aromatic carbocycles. The van der Waals surface area contributed by atoms with Crippen LogP contribution in [0, 0.1) is 0 Å². The number of ether oxygens (including phenoxy) is 1. The number of hydrogen-bond acceptors (Lipinski definition) is 5. The van der Waals surface area contributed by atoms with Gasteiger partial charge in [-0.2, -0.15) is 0 Å². The van der Waals surface area contributed by atoms with Crippen LogP contribution in [0.3, 0.4) is 0 Å². The number of hydrogen-bond donors (Lipinski definition) is 0. The minimum atomic E-state index is -0.794. The van der Waals surface area contributed by atoms with Gasteiger partial charge in [0.2, 0.25) is 5.91 Å². The lowest BCUT2D eigenvalue weighted by Gasteiger charge is -2.33. The van der Waals surface area contributed by atoms with Crippen molar-refractivity contribution < 1.29 is 19.2 Å². The van der Waals surface area contributed by atoms with Crippen molar-refractivity contribution in [3.8, 4) is 0 Å². The Hall–Kier alpha value is -1.60. The van der Waals surface area contributed by atoms with E-state index in [2.05, 4.69) is 15.9 Å². The molecule has 1 saturated heterocycles. The molecule has 0 atom stereocenters. The molecule has 2 rings (SSSR count). The Morgan fingerprint density at radius 1 is 1.18 bits per heavy atom. The minimum absolute atomic E-state index is 0.00923. The molecule has 0 spiro atoms. The van der Waals surface area contributed by atoms with Gasteiger partial charge in [-0.25, -0.2) is 4.79 Å². The highest BCUT2D eigenvalue weighted by Gasteiger charge is 2.29. The summed E-state index contributed by atoms with van der Waals surface area (Å²) in [6.07, 6.45) is -0.794. The summed E-state index contributed by atoms with van der Waals surface area (Å²) >= 11 is 3.36. The normalized spacial score (nSPS) is 16.5. The van der Waals surface area contributed by atoms with Crippen LogP contribution in [0.5, 0.6) is 0 Å². The zero-order valence-electron chi connectivity index (χ0n) is 12.8. The number of benzene rings is 1. The van der Waals surface area contributed by atoms with E-state index >= 15 is 0 Å².